The summed E-state index contributed by atoms with van der Waals surface area (Å²) in [4.78, 5) is 17.3. The Morgan fingerprint density at radius 3 is 2.93 bits per heavy atom. The Hall–Kier alpha value is -2.25. The summed E-state index contributed by atoms with van der Waals surface area (Å²) in [7, 11) is 0. The fraction of sp³-hybridized carbons (Fsp3) is 0.455. The molecule has 0 radical (unpaired) electrons. The Morgan fingerprint density at radius 1 is 1.24 bits per heavy atom. The lowest BCUT2D eigenvalue weighted by Gasteiger charge is -2.26. The average molecular weight is 416 g/mol. The van der Waals surface area contributed by atoms with Gasteiger partial charge in [0.2, 0.25) is 5.88 Å². The zero-order valence-corrected chi connectivity index (χ0v) is 17.0. The van der Waals surface area contributed by atoms with Gasteiger partial charge in [-0.05, 0) is 55.2 Å². The number of nitrogens with zero attached hydrogens (tertiary/aromatic N) is 1. The molecule has 1 aromatic heterocycles. The smallest absolute Gasteiger partial charge is 0.303 e. The number of hydrogen-bond donors (Lipinski definition) is 1. The molecule has 1 N–H and O–H groups in total. The van der Waals surface area contributed by atoms with Crippen LogP contribution in [0.1, 0.15) is 37.7 Å². The van der Waals surface area contributed by atoms with E-state index in [4.69, 9.17) is 19.3 Å². The summed E-state index contributed by atoms with van der Waals surface area (Å²) in [5, 5.41) is 8.86. The van der Waals surface area contributed by atoms with E-state index in [1.807, 2.05) is 24.3 Å². The van der Waals surface area contributed by atoms with Crippen molar-refractivity contribution in [3.05, 3.63) is 42.1 Å². The van der Waals surface area contributed by atoms with E-state index < -0.39 is 5.97 Å². The van der Waals surface area contributed by atoms with Gasteiger partial charge in [-0.2, -0.15) is 0 Å². The summed E-state index contributed by atoms with van der Waals surface area (Å²) in [6.07, 6.45) is 6.11. The Morgan fingerprint density at radius 2 is 2.10 bits per heavy atom. The molecule has 1 fully saturated rings. The van der Waals surface area contributed by atoms with Crippen molar-refractivity contribution in [2.75, 3.05) is 13.2 Å². The number of carbonyl (C=O) groups is 1. The molecule has 0 amide bonds. The molecule has 2 aliphatic rings. The maximum absolute atomic E-state index is 10.8. The van der Waals surface area contributed by atoms with Crippen LogP contribution in [0.25, 0.3) is 0 Å². The normalized spacial score (nSPS) is 19.2. The first-order chi connectivity index (χ1) is 14.2. The average Bonchev–Trinajstić information content (AvgIpc) is 2.74. The molecule has 1 saturated heterocycles. The summed E-state index contributed by atoms with van der Waals surface area (Å²) >= 11 is 1.64. The van der Waals surface area contributed by atoms with Crippen molar-refractivity contribution in [3.8, 4) is 11.6 Å². The highest BCUT2D eigenvalue weighted by molar-refractivity contribution is 7.99. The van der Waals surface area contributed by atoms with Gasteiger partial charge in [0.05, 0.1) is 24.2 Å². The number of carboxylic acids is 1. The van der Waals surface area contributed by atoms with Gasteiger partial charge in [-0.3, -0.25) is 4.79 Å². The highest BCUT2D eigenvalue weighted by atomic mass is 32.2. The van der Waals surface area contributed by atoms with Crippen molar-refractivity contribution in [2.24, 2.45) is 0 Å². The maximum atomic E-state index is 10.8. The van der Waals surface area contributed by atoms with Gasteiger partial charge >= 0.3 is 5.97 Å². The predicted octanol–water partition coefficient (Wildman–Crippen LogP) is 4.35. The SMILES string of the molecule is O=C(O)CCC1CCc2cc(Sc3cccnc3OC3CCOCC3)ccc2O1. The Bertz CT molecular complexity index is 853. The second-order valence-corrected chi connectivity index (χ2v) is 8.43. The van der Waals surface area contributed by atoms with Crippen molar-refractivity contribution < 1.29 is 24.1 Å². The standard InChI is InChI=1S/C22H25NO5S/c24-21(25)8-5-16-4-3-15-14-18(6-7-19(15)27-16)29-20-2-1-11-23-22(20)28-17-9-12-26-13-10-17/h1-2,6-7,11,14,16-17H,3-5,8-10,12-13H2,(H,24,25). The van der Waals surface area contributed by atoms with Crippen molar-refractivity contribution in [3.63, 3.8) is 0 Å². The highest BCUT2D eigenvalue weighted by Crippen LogP contribution is 2.38. The van der Waals surface area contributed by atoms with E-state index in [0.29, 0.717) is 12.3 Å². The number of pyridine rings is 1. The summed E-state index contributed by atoms with van der Waals surface area (Å²) in [5.74, 6) is 0.759. The molecule has 0 saturated carbocycles. The summed E-state index contributed by atoms with van der Waals surface area (Å²) < 4.78 is 17.5. The molecule has 6 nitrogen and oxygen atoms in total. The monoisotopic (exact) mass is 415 g/mol. The Labute approximate surface area is 174 Å². The summed E-state index contributed by atoms with van der Waals surface area (Å²) in [6.45, 7) is 1.47. The third-order valence-corrected chi connectivity index (χ3v) is 6.17. The van der Waals surface area contributed by atoms with Gasteiger partial charge < -0.3 is 19.3 Å². The topological polar surface area (TPSA) is 77.9 Å². The molecule has 3 heterocycles. The van der Waals surface area contributed by atoms with E-state index in [-0.39, 0.29) is 18.6 Å². The number of hydrogen-bond acceptors (Lipinski definition) is 6. The zero-order chi connectivity index (χ0) is 20.1. The van der Waals surface area contributed by atoms with E-state index in [1.165, 1.54) is 0 Å². The third kappa shape index (κ3) is 5.42. The van der Waals surface area contributed by atoms with Crippen LogP contribution in [0.3, 0.4) is 0 Å². The predicted molar refractivity (Wildman–Crippen MR) is 109 cm³/mol. The zero-order valence-electron chi connectivity index (χ0n) is 16.2. The molecule has 0 bridgehead atoms. The second kappa shape index (κ2) is 9.50. The molecular weight excluding hydrogens is 390 g/mol. The molecule has 29 heavy (non-hydrogen) atoms. The molecular formula is C22H25NO5S. The molecule has 4 rings (SSSR count). The van der Waals surface area contributed by atoms with E-state index in [1.54, 1.807) is 18.0 Å². The number of fused-ring (bicyclic) bond motifs is 1. The molecule has 0 spiro atoms. The number of benzene rings is 1. The van der Waals surface area contributed by atoms with Crippen LogP contribution < -0.4 is 9.47 Å². The Balaban J connectivity index is 1.42. The van der Waals surface area contributed by atoms with Crippen molar-refractivity contribution >= 4 is 17.7 Å². The molecule has 7 heteroatoms. The first-order valence-corrected chi connectivity index (χ1v) is 10.9. The highest BCUT2D eigenvalue weighted by Gasteiger charge is 2.22. The lowest BCUT2D eigenvalue weighted by atomic mass is 9.99. The number of ether oxygens (including phenoxy) is 3. The van der Waals surface area contributed by atoms with E-state index in [9.17, 15) is 4.79 Å². The van der Waals surface area contributed by atoms with Crippen LogP contribution in [0, 0.1) is 0 Å². The summed E-state index contributed by atoms with van der Waals surface area (Å²) in [5.41, 5.74) is 1.16. The summed E-state index contributed by atoms with van der Waals surface area (Å²) in [6, 6.07) is 10.1. The van der Waals surface area contributed by atoms with Gasteiger partial charge in [-0.1, -0.05) is 11.8 Å². The fourth-order valence-electron chi connectivity index (χ4n) is 3.59. The van der Waals surface area contributed by atoms with Gasteiger partial charge in [0.1, 0.15) is 11.9 Å². The molecule has 2 aliphatic heterocycles. The number of aromatic nitrogens is 1. The van der Waals surface area contributed by atoms with Crippen molar-refractivity contribution in [1.29, 1.82) is 0 Å². The first kappa shape index (κ1) is 20.0. The lowest BCUT2D eigenvalue weighted by molar-refractivity contribution is -0.137. The molecule has 2 aromatic rings. The molecule has 0 aliphatic carbocycles. The quantitative estimate of drug-likeness (QED) is 0.720. The molecule has 1 aromatic carbocycles. The number of rotatable bonds is 7. The number of aliphatic carboxylic acids is 1. The van der Waals surface area contributed by atoms with Gasteiger partial charge in [0.25, 0.3) is 0 Å². The van der Waals surface area contributed by atoms with Crippen molar-refractivity contribution in [2.45, 2.75) is 60.5 Å². The van der Waals surface area contributed by atoms with Gasteiger partial charge in [0, 0.05) is 30.4 Å². The minimum absolute atomic E-state index is 0.0186. The first-order valence-electron chi connectivity index (χ1n) is 10.1. The van der Waals surface area contributed by atoms with E-state index >= 15 is 0 Å². The van der Waals surface area contributed by atoms with Crippen LogP contribution in [0.4, 0.5) is 0 Å². The van der Waals surface area contributed by atoms with Crippen LogP contribution in [0.15, 0.2) is 46.3 Å². The van der Waals surface area contributed by atoms with Gasteiger partial charge in [-0.15, -0.1) is 0 Å². The lowest BCUT2D eigenvalue weighted by Crippen LogP contribution is -2.26. The van der Waals surface area contributed by atoms with Crippen LogP contribution in [0.2, 0.25) is 0 Å². The van der Waals surface area contributed by atoms with E-state index in [2.05, 4.69) is 11.1 Å². The van der Waals surface area contributed by atoms with Gasteiger partial charge in [0.15, 0.2) is 0 Å². The second-order valence-electron chi connectivity index (χ2n) is 7.32. The van der Waals surface area contributed by atoms with Crippen LogP contribution in [-0.4, -0.2) is 41.5 Å². The van der Waals surface area contributed by atoms with Crippen molar-refractivity contribution in [1.82, 2.24) is 4.98 Å². The van der Waals surface area contributed by atoms with Crippen LogP contribution in [-0.2, 0) is 16.0 Å². The largest absolute Gasteiger partial charge is 0.490 e. The maximum Gasteiger partial charge on any atom is 0.303 e. The van der Waals surface area contributed by atoms with Gasteiger partial charge in [-0.25, -0.2) is 4.98 Å². The van der Waals surface area contributed by atoms with Crippen LogP contribution in [0.5, 0.6) is 11.6 Å². The minimum Gasteiger partial charge on any atom is -0.490 e. The number of aryl methyl sites for hydroxylation is 1. The molecule has 1 atom stereocenters. The third-order valence-electron chi connectivity index (χ3n) is 5.15. The Kier molecular flexibility index (Phi) is 6.56. The minimum atomic E-state index is -0.776. The van der Waals surface area contributed by atoms with E-state index in [0.717, 1.165) is 60.0 Å². The molecule has 1 unspecified atom stereocenters. The fourth-order valence-corrected chi connectivity index (χ4v) is 4.52. The number of carboxylic acid groups (broad SMARTS) is 1. The van der Waals surface area contributed by atoms with Crippen LogP contribution >= 0.6 is 11.8 Å². The molecule has 154 valence electrons.